The molecule has 150 valence electrons. The fourth-order valence-corrected chi connectivity index (χ4v) is 3.79. The normalized spacial score (nSPS) is 27.8. The molecule has 0 aliphatic heterocycles. The van der Waals surface area contributed by atoms with Gasteiger partial charge in [-0.1, -0.05) is 26.7 Å². The number of hydrogen-bond acceptors (Lipinski definition) is 6. The first-order valence-corrected chi connectivity index (χ1v) is 9.09. The van der Waals surface area contributed by atoms with Crippen molar-refractivity contribution >= 4 is 18.4 Å². The number of nitrogens with zero attached hydrogens (tertiary/aromatic N) is 1. The molecule has 1 fully saturated rings. The smallest absolute Gasteiger partial charge is 0.450 e. The lowest BCUT2D eigenvalue weighted by molar-refractivity contribution is -0.119. The molecule has 0 aromatic carbocycles. The van der Waals surface area contributed by atoms with Crippen LogP contribution in [0.4, 0.5) is 4.79 Å². The van der Waals surface area contributed by atoms with Gasteiger partial charge in [-0.3, -0.25) is 4.79 Å². The van der Waals surface area contributed by atoms with E-state index in [1.807, 2.05) is 0 Å². The molecule has 9 heteroatoms. The van der Waals surface area contributed by atoms with E-state index in [0.29, 0.717) is 19.4 Å². The second-order valence-electron chi connectivity index (χ2n) is 7.06. The van der Waals surface area contributed by atoms with Gasteiger partial charge in [0, 0.05) is 31.8 Å². The Morgan fingerprint density at radius 1 is 1.46 bits per heavy atom. The molecule has 1 aliphatic carbocycles. The third-order valence-electron chi connectivity index (χ3n) is 5.15. The van der Waals surface area contributed by atoms with Crippen LogP contribution in [0.1, 0.15) is 46.5 Å². The summed E-state index contributed by atoms with van der Waals surface area (Å²) in [5.41, 5.74) is 0. The number of nitrogens with two attached hydrogens (primary N) is 1. The maximum atomic E-state index is 11.2. The highest BCUT2D eigenvalue weighted by molar-refractivity contribution is 5.72. The first-order chi connectivity index (χ1) is 12.3. The number of hydrogen-bond donors (Lipinski definition) is 5. The molecule has 0 aromatic rings. The number of aliphatic hydroxyl groups excluding tert-OH is 1. The Balaban J connectivity index is 2.85. The summed E-state index contributed by atoms with van der Waals surface area (Å²) in [7, 11) is 0. The van der Waals surface area contributed by atoms with E-state index in [0.717, 1.165) is 12.8 Å². The Kier molecular flexibility index (Phi) is 9.18. The molecule has 0 saturated heterocycles. The summed E-state index contributed by atoms with van der Waals surface area (Å²) in [4.78, 5) is 22.1. The van der Waals surface area contributed by atoms with Crippen LogP contribution in [0, 0.1) is 17.8 Å². The lowest BCUT2D eigenvalue weighted by Crippen LogP contribution is -2.39. The molecule has 0 aromatic heterocycles. The van der Waals surface area contributed by atoms with Gasteiger partial charge in [-0.15, -0.1) is 0 Å². The van der Waals surface area contributed by atoms with Crippen LogP contribution in [-0.2, 0) is 9.53 Å². The maximum absolute atomic E-state index is 11.2. The monoisotopic (exact) mass is 372 g/mol. The molecule has 1 aliphatic rings. The number of carbonyl (C=O) groups is 2. The summed E-state index contributed by atoms with van der Waals surface area (Å²) >= 11 is 0. The van der Waals surface area contributed by atoms with Gasteiger partial charge in [0.2, 0.25) is 5.91 Å². The molecule has 0 heterocycles. The minimum absolute atomic E-state index is 0.0679. The van der Waals surface area contributed by atoms with Crippen LogP contribution >= 0.6 is 0 Å². The molecule has 1 amide bonds. The van der Waals surface area contributed by atoms with Crippen LogP contribution in [0.5, 0.6) is 0 Å². The first-order valence-electron chi connectivity index (χ1n) is 9.09. The van der Waals surface area contributed by atoms with E-state index >= 15 is 0 Å². The zero-order valence-corrected chi connectivity index (χ0v) is 15.7. The Morgan fingerprint density at radius 2 is 2.15 bits per heavy atom. The van der Waals surface area contributed by atoms with Gasteiger partial charge in [-0.05, 0) is 18.3 Å². The highest BCUT2D eigenvalue weighted by Crippen LogP contribution is 2.36. The summed E-state index contributed by atoms with van der Waals surface area (Å²) in [6, 6.07) is -0.186. The molecule has 0 radical (unpaired) electrons. The van der Waals surface area contributed by atoms with Gasteiger partial charge >= 0.3 is 6.16 Å². The van der Waals surface area contributed by atoms with Crippen molar-refractivity contribution in [3.8, 4) is 0 Å². The zero-order valence-electron chi connectivity index (χ0n) is 15.7. The number of carbonyl (C=O) groups excluding carboxylic acids is 1. The SMILES string of the molecule is CCCC(C[C@H]1[C@H](O)[C@@H](OC(=O)O)C[C@H]1NC=NN)C(C)CNC(C)=O. The van der Waals surface area contributed by atoms with E-state index in [4.69, 9.17) is 15.7 Å². The number of aliphatic hydroxyl groups is 1. The highest BCUT2D eigenvalue weighted by Gasteiger charge is 2.45. The average molecular weight is 372 g/mol. The Morgan fingerprint density at radius 3 is 2.69 bits per heavy atom. The van der Waals surface area contributed by atoms with Crippen molar-refractivity contribution in [1.29, 1.82) is 0 Å². The van der Waals surface area contributed by atoms with Crippen LogP contribution in [0.3, 0.4) is 0 Å². The predicted octanol–water partition coefficient (Wildman–Crippen LogP) is 0.869. The molecule has 26 heavy (non-hydrogen) atoms. The van der Waals surface area contributed by atoms with Crippen molar-refractivity contribution in [1.82, 2.24) is 10.6 Å². The molecule has 6 N–H and O–H groups in total. The van der Waals surface area contributed by atoms with Gasteiger partial charge in [0.1, 0.15) is 12.4 Å². The fourth-order valence-electron chi connectivity index (χ4n) is 3.79. The van der Waals surface area contributed by atoms with Crippen molar-refractivity contribution in [2.24, 2.45) is 28.7 Å². The van der Waals surface area contributed by atoms with Gasteiger partial charge in [-0.25, -0.2) is 4.79 Å². The first kappa shape index (κ1) is 22.0. The van der Waals surface area contributed by atoms with Crippen molar-refractivity contribution in [3.05, 3.63) is 0 Å². The molecule has 9 nitrogen and oxygen atoms in total. The summed E-state index contributed by atoms with van der Waals surface area (Å²) < 4.78 is 4.84. The van der Waals surface area contributed by atoms with Gasteiger partial charge in [0.05, 0.1) is 6.10 Å². The standard InChI is InChI=1S/C17H32N4O5/c1-4-5-12(10(2)8-19-11(3)22)6-13-14(20-9-21-18)7-15(16(13)23)26-17(24)25/h9-10,12-16,23H,4-8,18H2,1-3H3,(H,19,22)(H,20,21)(H,24,25)/t10?,12?,13-,14-,15+,16+/m1/s1. The lowest BCUT2D eigenvalue weighted by Gasteiger charge is -2.30. The number of hydrazone groups is 1. The zero-order chi connectivity index (χ0) is 19.7. The number of nitrogens with one attached hydrogen (secondary N) is 2. The van der Waals surface area contributed by atoms with Crippen molar-refractivity contribution in [2.75, 3.05) is 6.54 Å². The lowest BCUT2D eigenvalue weighted by atomic mass is 9.80. The summed E-state index contributed by atoms with van der Waals surface area (Å²) in [6.07, 6.45) is 1.24. The van der Waals surface area contributed by atoms with Gasteiger partial charge in [0.25, 0.3) is 0 Å². The summed E-state index contributed by atoms with van der Waals surface area (Å²) in [6.45, 7) is 6.23. The highest BCUT2D eigenvalue weighted by atomic mass is 16.7. The average Bonchev–Trinajstić information content (AvgIpc) is 2.85. The molecular formula is C17H32N4O5. The second kappa shape index (κ2) is 10.8. The summed E-state index contributed by atoms with van der Waals surface area (Å²) in [5, 5.41) is 28.8. The maximum Gasteiger partial charge on any atom is 0.506 e. The van der Waals surface area contributed by atoms with Crippen molar-refractivity contribution < 1.29 is 24.5 Å². The number of carboxylic acid groups (broad SMARTS) is 1. The van der Waals surface area contributed by atoms with E-state index in [-0.39, 0.29) is 29.7 Å². The molecular weight excluding hydrogens is 340 g/mol. The van der Waals surface area contributed by atoms with Gasteiger partial charge in [-0.2, -0.15) is 5.10 Å². The van der Waals surface area contributed by atoms with Crippen molar-refractivity contribution in [2.45, 2.75) is 64.7 Å². The Labute approximate surface area is 154 Å². The molecule has 1 rings (SSSR count). The van der Waals surface area contributed by atoms with E-state index in [2.05, 4.69) is 29.6 Å². The van der Waals surface area contributed by atoms with E-state index in [1.54, 1.807) is 0 Å². The van der Waals surface area contributed by atoms with E-state index < -0.39 is 18.4 Å². The minimum Gasteiger partial charge on any atom is -0.450 e. The van der Waals surface area contributed by atoms with Crippen LogP contribution in [-0.4, -0.2) is 53.4 Å². The fraction of sp³-hybridized carbons (Fsp3) is 0.824. The van der Waals surface area contributed by atoms with Gasteiger partial charge < -0.3 is 31.4 Å². The largest absolute Gasteiger partial charge is 0.506 e. The van der Waals surface area contributed by atoms with Crippen LogP contribution in [0.2, 0.25) is 0 Å². The van der Waals surface area contributed by atoms with Crippen molar-refractivity contribution in [3.63, 3.8) is 0 Å². The summed E-state index contributed by atoms with van der Waals surface area (Å²) in [5.74, 6) is 5.38. The third kappa shape index (κ3) is 6.70. The van der Waals surface area contributed by atoms with E-state index in [9.17, 15) is 14.7 Å². The minimum atomic E-state index is -1.40. The molecule has 2 unspecified atom stereocenters. The van der Waals surface area contributed by atoms with Crippen LogP contribution in [0.25, 0.3) is 0 Å². The second-order valence-corrected chi connectivity index (χ2v) is 7.06. The number of amides is 1. The number of ether oxygens (including phenoxy) is 1. The molecule has 0 spiro atoms. The molecule has 6 atom stereocenters. The van der Waals surface area contributed by atoms with Crippen LogP contribution in [0.15, 0.2) is 5.10 Å². The van der Waals surface area contributed by atoms with Gasteiger partial charge in [0.15, 0.2) is 0 Å². The predicted molar refractivity (Wildman–Crippen MR) is 97.5 cm³/mol. The molecule has 0 bridgehead atoms. The third-order valence-corrected chi connectivity index (χ3v) is 5.15. The van der Waals surface area contributed by atoms with E-state index in [1.165, 1.54) is 13.3 Å². The Hall–Kier alpha value is -2.03. The van der Waals surface area contributed by atoms with Crippen LogP contribution < -0.4 is 16.5 Å². The topological polar surface area (TPSA) is 146 Å². The quantitative estimate of drug-likeness (QED) is 0.126. The number of rotatable bonds is 10. The molecule has 1 saturated carbocycles. The Bertz CT molecular complexity index is 488.